The Bertz CT molecular complexity index is 446. The van der Waals surface area contributed by atoms with Crippen molar-refractivity contribution in [2.24, 2.45) is 5.92 Å². The van der Waals surface area contributed by atoms with E-state index in [0.29, 0.717) is 6.92 Å². The maximum Gasteiger partial charge on any atom is 0.358 e. The third-order valence-corrected chi connectivity index (χ3v) is 4.98. The molecule has 136 valence electrons. The molecule has 0 fully saturated rings. The fourth-order valence-electron chi connectivity index (χ4n) is 3.66. The van der Waals surface area contributed by atoms with Crippen molar-refractivity contribution >= 4 is 6.92 Å². The van der Waals surface area contributed by atoms with E-state index >= 15 is 0 Å². The summed E-state index contributed by atoms with van der Waals surface area (Å²) in [5, 5.41) is 0. The second-order valence-electron chi connectivity index (χ2n) is 7.80. The molecule has 1 atom stereocenters. The Morgan fingerprint density at radius 1 is 0.917 bits per heavy atom. The van der Waals surface area contributed by atoms with Gasteiger partial charge in [0.05, 0.1) is 0 Å². The fourth-order valence-corrected chi connectivity index (χ4v) is 3.66. The van der Waals surface area contributed by atoms with E-state index in [4.69, 9.17) is 4.65 Å². The lowest BCUT2D eigenvalue weighted by Crippen LogP contribution is -2.25. The molecule has 1 rings (SSSR count). The van der Waals surface area contributed by atoms with Crippen LogP contribution in [-0.2, 0) is 0 Å². The highest BCUT2D eigenvalue weighted by molar-refractivity contribution is 6.52. The van der Waals surface area contributed by atoms with Crippen LogP contribution in [0, 0.1) is 26.7 Å². The van der Waals surface area contributed by atoms with Crippen LogP contribution in [0.3, 0.4) is 0 Å². The zero-order valence-corrected chi connectivity index (χ0v) is 17.1. The number of aryl methyl sites for hydroxylation is 3. The minimum atomic E-state index is 0.369. The van der Waals surface area contributed by atoms with E-state index in [1.54, 1.807) is 0 Å². The van der Waals surface area contributed by atoms with E-state index in [1.807, 2.05) is 0 Å². The van der Waals surface area contributed by atoms with E-state index in [-0.39, 0.29) is 0 Å². The lowest BCUT2D eigenvalue weighted by molar-refractivity contribution is 0.494. The third-order valence-electron chi connectivity index (χ3n) is 4.98. The van der Waals surface area contributed by atoms with Crippen molar-refractivity contribution in [1.82, 2.24) is 0 Å². The van der Waals surface area contributed by atoms with Gasteiger partial charge >= 0.3 is 6.92 Å². The largest absolute Gasteiger partial charge is 0.560 e. The van der Waals surface area contributed by atoms with Gasteiger partial charge in [0.25, 0.3) is 0 Å². The molecule has 24 heavy (non-hydrogen) atoms. The Morgan fingerprint density at radius 3 is 2.12 bits per heavy atom. The van der Waals surface area contributed by atoms with Gasteiger partial charge in [0.1, 0.15) is 5.75 Å². The molecule has 1 aromatic rings. The van der Waals surface area contributed by atoms with Crippen LogP contribution in [0.4, 0.5) is 0 Å². The molecule has 2 heteroatoms. The van der Waals surface area contributed by atoms with E-state index in [1.165, 1.54) is 74.3 Å². The molecule has 0 aliphatic heterocycles. The van der Waals surface area contributed by atoms with Crippen LogP contribution < -0.4 is 4.65 Å². The van der Waals surface area contributed by atoms with E-state index in [0.717, 1.165) is 11.7 Å². The maximum absolute atomic E-state index is 6.56. The SMILES string of the molecule is CCCCCCB(CC(C)CCCC)Oc1c(C)cc(C)cc1C. The van der Waals surface area contributed by atoms with Crippen LogP contribution in [0.25, 0.3) is 0 Å². The lowest BCUT2D eigenvalue weighted by atomic mass is 9.56. The molecule has 0 spiro atoms. The molecule has 0 aliphatic rings. The van der Waals surface area contributed by atoms with Gasteiger partial charge in [-0.05, 0) is 50.5 Å². The summed E-state index contributed by atoms with van der Waals surface area (Å²) in [6.45, 7) is 13.9. The quantitative estimate of drug-likeness (QED) is 0.287. The minimum absolute atomic E-state index is 0.369. The predicted octanol–water partition coefficient (Wildman–Crippen LogP) is 7.39. The first-order valence-electron chi connectivity index (χ1n) is 10.2. The molecule has 0 amide bonds. The van der Waals surface area contributed by atoms with Gasteiger partial charge < -0.3 is 4.65 Å². The van der Waals surface area contributed by atoms with Gasteiger partial charge in [0.15, 0.2) is 0 Å². The van der Waals surface area contributed by atoms with Crippen LogP contribution >= 0.6 is 0 Å². The van der Waals surface area contributed by atoms with Gasteiger partial charge in [0.2, 0.25) is 0 Å². The Balaban J connectivity index is 2.72. The predicted molar refractivity (Wildman–Crippen MR) is 109 cm³/mol. The minimum Gasteiger partial charge on any atom is -0.560 e. The number of rotatable bonds is 12. The van der Waals surface area contributed by atoms with Gasteiger partial charge in [-0.1, -0.05) is 83.4 Å². The molecule has 0 aliphatic carbocycles. The van der Waals surface area contributed by atoms with Gasteiger partial charge in [-0.2, -0.15) is 0 Å². The summed E-state index contributed by atoms with van der Waals surface area (Å²) in [4.78, 5) is 0. The Morgan fingerprint density at radius 2 is 1.54 bits per heavy atom. The highest BCUT2D eigenvalue weighted by Crippen LogP contribution is 2.28. The Kier molecular flexibility index (Phi) is 10.2. The summed E-state index contributed by atoms with van der Waals surface area (Å²) in [6, 6.07) is 4.49. The van der Waals surface area contributed by atoms with Gasteiger partial charge in [-0.25, -0.2) is 0 Å². The summed E-state index contributed by atoms with van der Waals surface area (Å²) in [5.74, 6) is 1.89. The van der Waals surface area contributed by atoms with Crippen molar-refractivity contribution in [2.45, 2.75) is 99.1 Å². The highest BCUT2D eigenvalue weighted by Gasteiger charge is 2.22. The number of hydrogen-bond donors (Lipinski definition) is 0. The first-order valence-corrected chi connectivity index (χ1v) is 10.2. The highest BCUT2D eigenvalue weighted by atomic mass is 16.4. The molecule has 0 saturated carbocycles. The van der Waals surface area contributed by atoms with E-state index in [9.17, 15) is 0 Å². The first kappa shape index (κ1) is 21.1. The van der Waals surface area contributed by atoms with Gasteiger partial charge in [-0.15, -0.1) is 0 Å². The topological polar surface area (TPSA) is 9.23 Å². The number of hydrogen-bond acceptors (Lipinski definition) is 1. The van der Waals surface area contributed by atoms with Crippen molar-refractivity contribution in [3.63, 3.8) is 0 Å². The lowest BCUT2D eigenvalue weighted by Gasteiger charge is -2.22. The second-order valence-corrected chi connectivity index (χ2v) is 7.80. The molecule has 0 bridgehead atoms. The van der Waals surface area contributed by atoms with Crippen LogP contribution in [-0.4, -0.2) is 6.92 Å². The second kappa shape index (κ2) is 11.6. The molecule has 1 unspecified atom stereocenters. The molecule has 0 heterocycles. The zero-order chi connectivity index (χ0) is 17.9. The fraction of sp³-hybridized carbons (Fsp3) is 0.727. The average Bonchev–Trinajstić information content (AvgIpc) is 2.52. The summed E-state index contributed by atoms with van der Waals surface area (Å²) in [5.41, 5.74) is 3.90. The zero-order valence-electron chi connectivity index (χ0n) is 17.1. The van der Waals surface area contributed by atoms with Crippen LogP contribution in [0.2, 0.25) is 12.6 Å². The molecule has 0 aromatic heterocycles. The van der Waals surface area contributed by atoms with Crippen LogP contribution in [0.5, 0.6) is 5.75 Å². The molecular weight excluding hydrogens is 291 g/mol. The van der Waals surface area contributed by atoms with Crippen molar-refractivity contribution in [3.8, 4) is 5.75 Å². The van der Waals surface area contributed by atoms with Gasteiger partial charge in [0, 0.05) is 0 Å². The molecule has 0 N–H and O–H groups in total. The number of unbranched alkanes of at least 4 members (excludes halogenated alkanes) is 4. The normalized spacial score (nSPS) is 12.2. The molecule has 1 nitrogen and oxygen atoms in total. The average molecular weight is 330 g/mol. The van der Waals surface area contributed by atoms with Crippen molar-refractivity contribution < 1.29 is 4.65 Å². The van der Waals surface area contributed by atoms with E-state index in [2.05, 4.69) is 53.7 Å². The summed E-state index contributed by atoms with van der Waals surface area (Å²) in [7, 11) is 0. The molecule has 1 aromatic carbocycles. The smallest absolute Gasteiger partial charge is 0.358 e. The van der Waals surface area contributed by atoms with Crippen LogP contribution in [0.1, 0.15) is 82.4 Å². The van der Waals surface area contributed by atoms with Crippen molar-refractivity contribution in [1.29, 1.82) is 0 Å². The monoisotopic (exact) mass is 330 g/mol. The van der Waals surface area contributed by atoms with Crippen molar-refractivity contribution in [3.05, 3.63) is 28.8 Å². The van der Waals surface area contributed by atoms with E-state index < -0.39 is 0 Å². The molecular formula is C22H39BO. The van der Waals surface area contributed by atoms with Crippen LogP contribution in [0.15, 0.2) is 12.1 Å². The third kappa shape index (κ3) is 7.77. The summed E-state index contributed by atoms with van der Waals surface area (Å²) < 4.78 is 6.56. The summed E-state index contributed by atoms with van der Waals surface area (Å²) >= 11 is 0. The summed E-state index contributed by atoms with van der Waals surface area (Å²) in [6.07, 6.45) is 11.6. The Labute approximate surface area is 151 Å². The molecule has 0 radical (unpaired) electrons. The van der Waals surface area contributed by atoms with Gasteiger partial charge in [-0.3, -0.25) is 0 Å². The standard InChI is InChI=1S/C22H39BO/c1-7-9-11-12-14-23(17-18(3)13-10-8-2)24-22-20(5)15-19(4)16-21(22)6/h15-16,18H,7-14,17H2,1-6H3. The maximum atomic E-state index is 6.56. The molecule has 0 saturated heterocycles. The number of benzene rings is 1. The Hall–Kier alpha value is -0.915. The first-order chi connectivity index (χ1) is 11.5. The van der Waals surface area contributed by atoms with Crippen molar-refractivity contribution in [2.75, 3.05) is 0 Å².